The van der Waals surface area contributed by atoms with Crippen molar-refractivity contribution in [3.05, 3.63) is 89.5 Å². The number of carbonyl (C=O) groups is 4. The highest BCUT2D eigenvalue weighted by Gasteiger charge is 2.41. The molecule has 4 rings (SSSR count). The second-order valence-electron chi connectivity index (χ2n) is 11.1. The van der Waals surface area contributed by atoms with Crippen LogP contribution >= 0.6 is 0 Å². The third kappa shape index (κ3) is 8.06. The molecular weight excluding hydrogens is 562 g/mol. The van der Waals surface area contributed by atoms with Crippen LogP contribution in [-0.4, -0.2) is 65.2 Å². The molecule has 0 saturated carbocycles. The minimum atomic E-state index is -1.35. The molecular formula is C33H39N5O6. The van der Waals surface area contributed by atoms with Crippen LogP contribution < -0.4 is 20.7 Å². The fraction of sp³-hybridized carbons (Fsp3) is 0.333. The summed E-state index contributed by atoms with van der Waals surface area (Å²) in [6.07, 6.45) is -1.30. The molecule has 1 fully saturated rings. The lowest BCUT2D eigenvalue weighted by atomic mass is 10.0. The summed E-state index contributed by atoms with van der Waals surface area (Å²) < 4.78 is 5.19. The number of amides is 5. The van der Waals surface area contributed by atoms with Crippen LogP contribution in [0.1, 0.15) is 55.3 Å². The molecule has 4 N–H and O–H groups in total. The minimum absolute atomic E-state index is 0.195. The smallest absolute Gasteiger partial charge is 0.323 e. The Labute approximate surface area is 257 Å². The lowest BCUT2D eigenvalue weighted by molar-refractivity contribution is -0.138. The largest absolute Gasteiger partial charge is 0.497 e. The van der Waals surface area contributed by atoms with E-state index in [1.165, 1.54) is 16.9 Å². The number of ether oxygens (including phenoxy) is 1. The SMILES string of the molecule is COc1ccc(NC(=O)N2CCCN(C(=O)Nc3ccc(C(C)C)cc3)C2C(=O)NC(CC(=O)O)c2cccc(C)c2)cc1. The van der Waals surface area contributed by atoms with Crippen molar-refractivity contribution in [3.63, 3.8) is 0 Å². The highest BCUT2D eigenvalue weighted by Crippen LogP contribution is 2.24. The van der Waals surface area contributed by atoms with Crippen molar-refractivity contribution in [1.29, 1.82) is 0 Å². The first-order valence-electron chi connectivity index (χ1n) is 14.5. The first kappa shape index (κ1) is 31.9. The molecule has 11 nitrogen and oxygen atoms in total. The predicted molar refractivity (Wildman–Crippen MR) is 168 cm³/mol. The summed E-state index contributed by atoms with van der Waals surface area (Å²) in [5.41, 5.74) is 3.63. The number of carbonyl (C=O) groups excluding carboxylic acids is 3. The molecule has 3 aromatic rings. The average molecular weight is 602 g/mol. The Kier molecular flexibility index (Phi) is 10.4. The van der Waals surface area contributed by atoms with E-state index in [2.05, 4.69) is 29.8 Å². The van der Waals surface area contributed by atoms with Gasteiger partial charge in [0, 0.05) is 24.5 Å². The molecule has 44 heavy (non-hydrogen) atoms. The number of anilines is 2. The third-order valence-electron chi connectivity index (χ3n) is 7.45. The average Bonchev–Trinajstić information content (AvgIpc) is 3.00. The van der Waals surface area contributed by atoms with Crippen LogP contribution in [0.25, 0.3) is 0 Å². The van der Waals surface area contributed by atoms with Gasteiger partial charge in [0.2, 0.25) is 0 Å². The van der Waals surface area contributed by atoms with Gasteiger partial charge in [0.05, 0.1) is 19.6 Å². The molecule has 1 aliphatic rings. The van der Waals surface area contributed by atoms with Crippen molar-refractivity contribution < 1.29 is 29.0 Å². The topological polar surface area (TPSA) is 140 Å². The fourth-order valence-corrected chi connectivity index (χ4v) is 5.11. The van der Waals surface area contributed by atoms with E-state index in [-0.39, 0.29) is 19.5 Å². The molecule has 11 heteroatoms. The summed E-state index contributed by atoms with van der Waals surface area (Å²) >= 11 is 0. The number of aryl methyl sites for hydroxylation is 1. The molecule has 0 spiro atoms. The van der Waals surface area contributed by atoms with Crippen molar-refractivity contribution in [3.8, 4) is 5.75 Å². The summed E-state index contributed by atoms with van der Waals surface area (Å²) in [5, 5.41) is 18.1. The number of hydrogen-bond acceptors (Lipinski definition) is 5. The monoisotopic (exact) mass is 601 g/mol. The molecule has 1 saturated heterocycles. The third-order valence-corrected chi connectivity index (χ3v) is 7.45. The summed E-state index contributed by atoms with van der Waals surface area (Å²) in [7, 11) is 1.54. The number of methoxy groups -OCH3 is 1. The molecule has 1 heterocycles. The van der Waals surface area contributed by atoms with Gasteiger partial charge in [0.15, 0.2) is 6.17 Å². The number of urea groups is 2. The molecule has 232 valence electrons. The zero-order valence-corrected chi connectivity index (χ0v) is 25.4. The van der Waals surface area contributed by atoms with Gasteiger partial charge in [-0.05, 0) is 66.8 Å². The Morgan fingerprint density at radius 3 is 1.93 bits per heavy atom. The van der Waals surface area contributed by atoms with E-state index in [1.54, 1.807) is 54.6 Å². The highest BCUT2D eigenvalue weighted by molar-refractivity contribution is 5.98. The minimum Gasteiger partial charge on any atom is -0.497 e. The van der Waals surface area contributed by atoms with Gasteiger partial charge in [0.25, 0.3) is 5.91 Å². The van der Waals surface area contributed by atoms with Gasteiger partial charge < -0.3 is 25.8 Å². The van der Waals surface area contributed by atoms with E-state index >= 15 is 0 Å². The van der Waals surface area contributed by atoms with Crippen LogP contribution in [0.2, 0.25) is 0 Å². The van der Waals surface area contributed by atoms with Crippen LogP contribution in [0.15, 0.2) is 72.8 Å². The first-order chi connectivity index (χ1) is 21.0. The summed E-state index contributed by atoms with van der Waals surface area (Å²) in [5.74, 6) is -0.843. The van der Waals surface area contributed by atoms with Crippen LogP contribution in [0.5, 0.6) is 5.75 Å². The molecule has 0 aromatic heterocycles. The number of nitrogens with one attached hydrogen (secondary N) is 3. The molecule has 2 atom stereocenters. The maximum atomic E-state index is 14.0. The van der Waals surface area contributed by atoms with E-state index in [0.717, 1.165) is 11.1 Å². The quantitative estimate of drug-likeness (QED) is 0.253. The number of nitrogens with zero attached hydrogens (tertiary/aromatic N) is 2. The van der Waals surface area contributed by atoms with Gasteiger partial charge in [-0.1, -0.05) is 55.8 Å². The van der Waals surface area contributed by atoms with Crippen LogP contribution in [0.3, 0.4) is 0 Å². The number of hydrogen-bond donors (Lipinski definition) is 4. The van der Waals surface area contributed by atoms with Gasteiger partial charge >= 0.3 is 18.0 Å². The number of aliphatic carboxylic acids is 1. The standard InChI is InChI=1S/C33H39N5O6/c1-21(2)23-9-11-25(12-10-23)34-32(42)37-17-6-18-38(33(43)35-26-13-15-27(44-4)16-14-26)31(37)30(41)36-28(20-29(39)40)24-8-5-7-22(3)19-24/h5,7-16,19,21,28,31H,6,17-18,20H2,1-4H3,(H,34,42)(H,35,43)(H,36,41)(H,39,40). The second-order valence-corrected chi connectivity index (χ2v) is 11.1. The Bertz CT molecular complexity index is 1470. The zero-order chi connectivity index (χ0) is 31.8. The van der Waals surface area contributed by atoms with Crippen LogP contribution in [0.4, 0.5) is 21.0 Å². The summed E-state index contributed by atoms with van der Waals surface area (Å²) in [6.45, 7) is 6.42. The zero-order valence-electron chi connectivity index (χ0n) is 25.4. The normalized spacial score (nSPS) is 15.3. The van der Waals surface area contributed by atoms with Crippen molar-refractivity contribution in [2.75, 3.05) is 30.8 Å². The first-order valence-corrected chi connectivity index (χ1v) is 14.5. The van der Waals surface area contributed by atoms with E-state index in [1.807, 2.05) is 25.1 Å². The Balaban J connectivity index is 1.63. The number of rotatable bonds is 9. The molecule has 0 radical (unpaired) electrons. The van der Waals surface area contributed by atoms with Gasteiger partial charge in [-0.2, -0.15) is 0 Å². The van der Waals surface area contributed by atoms with Gasteiger partial charge in [-0.3, -0.25) is 19.4 Å². The van der Waals surface area contributed by atoms with E-state index in [4.69, 9.17) is 4.74 Å². The maximum Gasteiger partial charge on any atom is 0.323 e. The maximum absolute atomic E-state index is 14.0. The second kappa shape index (κ2) is 14.4. The Morgan fingerprint density at radius 2 is 1.43 bits per heavy atom. The molecule has 2 unspecified atom stereocenters. The van der Waals surface area contributed by atoms with E-state index < -0.39 is 36.1 Å². The summed E-state index contributed by atoms with van der Waals surface area (Å²) in [6, 6.07) is 19.3. The lowest BCUT2D eigenvalue weighted by Crippen LogP contribution is -2.65. The Morgan fingerprint density at radius 1 is 0.864 bits per heavy atom. The summed E-state index contributed by atoms with van der Waals surface area (Å²) in [4.78, 5) is 55.6. The van der Waals surface area contributed by atoms with Crippen molar-refractivity contribution >= 4 is 35.3 Å². The highest BCUT2D eigenvalue weighted by atomic mass is 16.5. The van der Waals surface area contributed by atoms with Gasteiger partial charge in [-0.25, -0.2) is 9.59 Å². The Hall–Kier alpha value is -5.06. The van der Waals surface area contributed by atoms with Gasteiger partial charge in [0.1, 0.15) is 5.75 Å². The van der Waals surface area contributed by atoms with E-state index in [0.29, 0.717) is 35.0 Å². The van der Waals surface area contributed by atoms with E-state index in [9.17, 15) is 24.3 Å². The van der Waals surface area contributed by atoms with Crippen molar-refractivity contribution in [1.82, 2.24) is 15.1 Å². The van der Waals surface area contributed by atoms with Crippen molar-refractivity contribution in [2.45, 2.75) is 51.7 Å². The lowest BCUT2D eigenvalue weighted by Gasteiger charge is -2.42. The number of benzene rings is 3. The molecule has 0 aliphatic carbocycles. The fourth-order valence-electron chi connectivity index (χ4n) is 5.11. The molecule has 1 aliphatic heterocycles. The number of carboxylic acids is 1. The molecule has 5 amide bonds. The number of carboxylic acid groups (broad SMARTS) is 1. The molecule has 0 bridgehead atoms. The van der Waals surface area contributed by atoms with Crippen LogP contribution in [0, 0.1) is 6.92 Å². The predicted octanol–water partition coefficient (Wildman–Crippen LogP) is 5.56. The molecule has 3 aromatic carbocycles. The van der Waals surface area contributed by atoms with Gasteiger partial charge in [-0.15, -0.1) is 0 Å². The van der Waals surface area contributed by atoms with Crippen LogP contribution in [-0.2, 0) is 9.59 Å². The van der Waals surface area contributed by atoms with Crippen molar-refractivity contribution in [2.24, 2.45) is 0 Å².